The number of hydrogen-bond acceptors (Lipinski definition) is 3. The Bertz CT molecular complexity index is 230. The van der Waals surface area contributed by atoms with Crippen molar-refractivity contribution in [2.45, 2.75) is 31.2 Å². The molecule has 0 aromatic carbocycles. The van der Waals surface area contributed by atoms with Crippen LogP contribution in [0.3, 0.4) is 0 Å². The Morgan fingerprint density at radius 2 is 2.38 bits per heavy atom. The average Bonchev–Trinajstić information content (AvgIpc) is 2.61. The Kier molecular flexibility index (Phi) is 2.45. The van der Waals surface area contributed by atoms with Gasteiger partial charge in [0.15, 0.2) is 5.17 Å². The highest BCUT2D eigenvalue weighted by molar-refractivity contribution is 8.14. The standard InChI is InChI=1S/C8H12F2N2S/c9-8(10)2-1-6(5-8)12-7-11-3-4-13-7/h6H,1-5H2,(H,11,12). The molecule has 74 valence electrons. The fourth-order valence-corrected chi connectivity index (χ4v) is 2.48. The van der Waals surface area contributed by atoms with E-state index in [0.29, 0.717) is 6.42 Å². The number of nitrogens with zero attached hydrogens (tertiary/aromatic N) is 1. The monoisotopic (exact) mass is 206 g/mol. The first-order chi connectivity index (χ1) is 6.16. The van der Waals surface area contributed by atoms with E-state index in [9.17, 15) is 8.78 Å². The Labute approximate surface area is 80.2 Å². The summed E-state index contributed by atoms with van der Waals surface area (Å²) < 4.78 is 25.6. The van der Waals surface area contributed by atoms with Crippen LogP contribution < -0.4 is 5.32 Å². The SMILES string of the molecule is FC1(F)CCC(NC2=NCCS2)C1. The minimum absolute atomic E-state index is 0.0165. The van der Waals surface area contributed by atoms with Crippen molar-refractivity contribution in [2.75, 3.05) is 12.3 Å². The summed E-state index contributed by atoms with van der Waals surface area (Å²) in [5.74, 6) is -1.48. The van der Waals surface area contributed by atoms with E-state index < -0.39 is 5.92 Å². The maximum atomic E-state index is 12.8. The van der Waals surface area contributed by atoms with Gasteiger partial charge in [0.1, 0.15) is 0 Å². The van der Waals surface area contributed by atoms with Crippen molar-refractivity contribution >= 4 is 16.9 Å². The Hall–Kier alpha value is -0.320. The molecule has 13 heavy (non-hydrogen) atoms. The molecule has 1 aliphatic carbocycles. The molecule has 2 rings (SSSR count). The molecular formula is C8H12F2N2S. The van der Waals surface area contributed by atoms with Gasteiger partial charge in [-0.3, -0.25) is 4.99 Å². The normalized spacial score (nSPS) is 31.8. The first-order valence-electron chi connectivity index (χ1n) is 4.47. The molecule has 1 heterocycles. The molecule has 1 N–H and O–H groups in total. The van der Waals surface area contributed by atoms with Crippen LogP contribution in [0.25, 0.3) is 0 Å². The number of amidine groups is 1. The fraction of sp³-hybridized carbons (Fsp3) is 0.875. The molecule has 0 aromatic heterocycles. The molecular weight excluding hydrogens is 194 g/mol. The zero-order chi connectivity index (χ0) is 9.31. The van der Waals surface area contributed by atoms with E-state index in [4.69, 9.17) is 0 Å². The summed E-state index contributed by atoms with van der Waals surface area (Å²) in [5.41, 5.74) is 0. The highest BCUT2D eigenvalue weighted by atomic mass is 32.2. The van der Waals surface area contributed by atoms with E-state index >= 15 is 0 Å². The van der Waals surface area contributed by atoms with Crippen LogP contribution in [0.4, 0.5) is 8.78 Å². The average molecular weight is 206 g/mol. The minimum Gasteiger partial charge on any atom is -0.362 e. The molecule has 0 saturated heterocycles. The second-order valence-electron chi connectivity index (χ2n) is 3.48. The maximum Gasteiger partial charge on any atom is 0.250 e. The van der Waals surface area contributed by atoms with Crippen molar-refractivity contribution in [1.29, 1.82) is 0 Å². The molecule has 0 radical (unpaired) electrons. The van der Waals surface area contributed by atoms with Crippen LogP contribution in [0.5, 0.6) is 0 Å². The maximum absolute atomic E-state index is 12.8. The zero-order valence-electron chi connectivity index (χ0n) is 7.22. The first-order valence-corrected chi connectivity index (χ1v) is 5.46. The lowest BCUT2D eigenvalue weighted by Gasteiger charge is -2.12. The molecule has 1 atom stereocenters. The molecule has 0 amide bonds. The van der Waals surface area contributed by atoms with Crippen LogP contribution in [0, 0.1) is 0 Å². The lowest BCUT2D eigenvalue weighted by atomic mass is 10.2. The van der Waals surface area contributed by atoms with Crippen LogP contribution in [0.15, 0.2) is 4.99 Å². The zero-order valence-corrected chi connectivity index (χ0v) is 8.04. The fourth-order valence-electron chi connectivity index (χ4n) is 1.67. The van der Waals surface area contributed by atoms with E-state index in [0.717, 1.165) is 17.5 Å². The van der Waals surface area contributed by atoms with Gasteiger partial charge < -0.3 is 5.32 Å². The van der Waals surface area contributed by atoms with Crippen LogP contribution in [0.1, 0.15) is 19.3 Å². The minimum atomic E-state index is -2.46. The predicted octanol–water partition coefficient (Wildman–Crippen LogP) is 1.87. The number of rotatable bonds is 1. The third-order valence-electron chi connectivity index (χ3n) is 2.32. The van der Waals surface area contributed by atoms with Gasteiger partial charge in [-0.05, 0) is 6.42 Å². The molecule has 0 aromatic rings. The molecule has 2 nitrogen and oxygen atoms in total. The van der Waals surface area contributed by atoms with Crippen molar-refractivity contribution in [2.24, 2.45) is 4.99 Å². The largest absolute Gasteiger partial charge is 0.362 e. The summed E-state index contributed by atoms with van der Waals surface area (Å²) in [4.78, 5) is 4.17. The van der Waals surface area contributed by atoms with Crippen LogP contribution in [-0.4, -0.2) is 29.4 Å². The molecule has 5 heteroatoms. The van der Waals surface area contributed by atoms with E-state index in [1.165, 1.54) is 0 Å². The predicted molar refractivity (Wildman–Crippen MR) is 50.5 cm³/mol. The van der Waals surface area contributed by atoms with Gasteiger partial charge in [-0.2, -0.15) is 0 Å². The second kappa shape index (κ2) is 3.44. The summed E-state index contributed by atoms with van der Waals surface area (Å²) >= 11 is 1.62. The number of thioether (sulfide) groups is 1. The Morgan fingerprint density at radius 1 is 1.54 bits per heavy atom. The van der Waals surface area contributed by atoms with Gasteiger partial charge in [-0.25, -0.2) is 8.78 Å². The highest BCUT2D eigenvalue weighted by Gasteiger charge is 2.39. The van der Waals surface area contributed by atoms with Crippen molar-refractivity contribution in [3.63, 3.8) is 0 Å². The van der Waals surface area contributed by atoms with E-state index in [2.05, 4.69) is 10.3 Å². The van der Waals surface area contributed by atoms with Crippen LogP contribution in [-0.2, 0) is 0 Å². The van der Waals surface area contributed by atoms with Gasteiger partial charge >= 0.3 is 0 Å². The van der Waals surface area contributed by atoms with E-state index in [1.54, 1.807) is 11.8 Å². The summed E-state index contributed by atoms with van der Waals surface area (Å²) in [7, 11) is 0. The van der Waals surface area contributed by atoms with Gasteiger partial charge in [0.2, 0.25) is 5.92 Å². The Balaban J connectivity index is 1.83. The topological polar surface area (TPSA) is 24.4 Å². The second-order valence-corrected chi connectivity index (χ2v) is 4.56. The summed E-state index contributed by atoms with van der Waals surface area (Å²) in [6, 6.07) is -0.0700. The third kappa shape index (κ3) is 2.33. The van der Waals surface area contributed by atoms with Gasteiger partial charge in [0.05, 0.1) is 6.54 Å². The lowest BCUT2D eigenvalue weighted by molar-refractivity contribution is 0.00751. The number of aliphatic imine (C=N–C) groups is 1. The summed E-state index contributed by atoms with van der Waals surface area (Å²) in [5, 5.41) is 3.92. The van der Waals surface area contributed by atoms with Crippen LogP contribution >= 0.6 is 11.8 Å². The smallest absolute Gasteiger partial charge is 0.250 e. The van der Waals surface area contributed by atoms with Gasteiger partial charge in [0, 0.05) is 24.6 Å². The van der Waals surface area contributed by atoms with Crippen LogP contribution in [0.2, 0.25) is 0 Å². The van der Waals surface area contributed by atoms with Gasteiger partial charge in [0.25, 0.3) is 0 Å². The van der Waals surface area contributed by atoms with Gasteiger partial charge in [-0.1, -0.05) is 11.8 Å². The number of alkyl halides is 2. The molecule has 1 aliphatic heterocycles. The quantitative estimate of drug-likeness (QED) is 0.708. The first kappa shape index (κ1) is 9.24. The van der Waals surface area contributed by atoms with Crippen molar-refractivity contribution < 1.29 is 8.78 Å². The van der Waals surface area contributed by atoms with Gasteiger partial charge in [-0.15, -0.1) is 0 Å². The Morgan fingerprint density at radius 3 is 2.92 bits per heavy atom. The lowest BCUT2D eigenvalue weighted by Crippen LogP contribution is -2.31. The highest BCUT2D eigenvalue weighted by Crippen LogP contribution is 2.35. The van der Waals surface area contributed by atoms with E-state index in [-0.39, 0.29) is 18.9 Å². The third-order valence-corrected chi connectivity index (χ3v) is 3.22. The van der Waals surface area contributed by atoms with Crippen molar-refractivity contribution in [3.8, 4) is 0 Å². The number of halogens is 2. The van der Waals surface area contributed by atoms with Crippen molar-refractivity contribution in [3.05, 3.63) is 0 Å². The summed E-state index contributed by atoms with van der Waals surface area (Å²) in [6.45, 7) is 0.816. The van der Waals surface area contributed by atoms with Crippen molar-refractivity contribution in [1.82, 2.24) is 5.32 Å². The molecule has 2 aliphatic rings. The van der Waals surface area contributed by atoms with E-state index in [1.807, 2.05) is 0 Å². The number of nitrogens with one attached hydrogen (secondary N) is 1. The summed E-state index contributed by atoms with van der Waals surface area (Å²) in [6.07, 6.45) is 0.543. The molecule has 1 unspecified atom stereocenters. The molecule has 0 bridgehead atoms. The molecule has 0 spiro atoms. The number of hydrogen-bond donors (Lipinski definition) is 1. The molecule has 1 saturated carbocycles. The molecule has 1 fully saturated rings.